The minimum Gasteiger partial charge on any atom is -0.395 e. The lowest BCUT2D eigenvalue weighted by Gasteiger charge is -2.10. The zero-order chi connectivity index (χ0) is 10.7. The SMILES string of the molecule is CO[C@H](c1ccccc1)c1nsc(=O)o1. The third-order valence-corrected chi connectivity index (χ3v) is 2.46. The fraction of sp³-hybridized carbons (Fsp3) is 0.200. The van der Waals surface area contributed by atoms with Gasteiger partial charge in [-0.15, -0.1) is 4.37 Å². The number of rotatable bonds is 3. The number of benzene rings is 1. The second-order valence-corrected chi connectivity index (χ2v) is 3.60. The summed E-state index contributed by atoms with van der Waals surface area (Å²) in [5.41, 5.74) is 0.911. The quantitative estimate of drug-likeness (QED) is 0.796. The maximum absolute atomic E-state index is 10.9. The Morgan fingerprint density at radius 2 is 2.13 bits per heavy atom. The zero-order valence-corrected chi connectivity index (χ0v) is 8.86. The molecule has 5 heteroatoms. The Morgan fingerprint density at radius 1 is 1.40 bits per heavy atom. The summed E-state index contributed by atoms with van der Waals surface area (Å²) in [6.07, 6.45) is -0.412. The van der Waals surface area contributed by atoms with Crippen molar-refractivity contribution in [1.29, 1.82) is 0 Å². The van der Waals surface area contributed by atoms with E-state index in [9.17, 15) is 4.79 Å². The van der Waals surface area contributed by atoms with Gasteiger partial charge in [0.05, 0.1) is 0 Å². The molecule has 0 spiro atoms. The molecule has 15 heavy (non-hydrogen) atoms. The molecule has 78 valence electrons. The van der Waals surface area contributed by atoms with Gasteiger partial charge in [0.1, 0.15) is 0 Å². The van der Waals surface area contributed by atoms with Gasteiger partial charge in [-0.05, 0) is 5.56 Å². The molecule has 1 heterocycles. The first-order valence-corrected chi connectivity index (χ1v) is 5.13. The number of hydrogen-bond donors (Lipinski definition) is 0. The van der Waals surface area contributed by atoms with Crippen LogP contribution in [0.1, 0.15) is 17.6 Å². The molecule has 1 atom stereocenters. The summed E-state index contributed by atoms with van der Waals surface area (Å²) in [6.45, 7) is 0. The Balaban J connectivity index is 2.37. The van der Waals surface area contributed by atoms with Crippen LogP contribution in [-0.4, -0.2) is 11.5 Å². The highest BCUT2D eigenvalue weighted by Crippen LogP contribution is 2.22. The van der Waals surface area contributed by atoms with Crippen LogP contribution >= 0.6 is 11.5 Å². The van der Waals surface area contributed by atoms with E-state index in [1.807, 2.05) is 30.3 Å². The zero-order valence-electron chi connectivity index (χ0n) is 8.04. The van der Waals surface area contributed by atoms with Gasteiger partial charge >= 0.3 is 4.94 Å². The molecule has 0 fully saturated rings. The molecule has 0 saturated heterocycles. The third kappa shape index (κ3) is 2.14. The lowest BCUT2D eigenvalue weighted by molar-refractivity contribution is 0.110. The lowest BCUT2D eigenvalue weighted by atomic mass is 10.1. The van der Waals surface area contributed by atoms with Gasteiger partial charge in [0.25, 0.3) is 0 Å². The fourth-order valence-corrected chi connectivity index (χ4v) is 1.73. The summed E-state index contributed by atoms with van der Waals surface area (Å²) < 4.78 is 14.1. The predicted octanol–water partition coefficient (Wildman–Crippen LogP) is 1.83. The predicted molar refractivity (Wildman–Crippen MR) is 55.9 cm³/mol. The normalized spacial score (nSPS) is 12.6. The van der Waals surface area contributed by atoms with Gasteiger partial charge in [-0.2, -0.15) is 0 Å². The van der Waals surface area contributed by atoms with Crippen molar-refractivity contribution in [3.05, 3.63) is 51.5 Å². The highest BCUT2D eigenvalue weighted by atomic mass is 32.1. The summed E-state index contributed by atoms with van der Waals surface area (Å²) >= 11 is 0.791. The van der Waals surface area contributed by atoms with E-state index in [2.05, 4.69) is 4.37 Å². The van der Waals surface area contributed by atoms with Crippen LogP contribution in [0.25, 0.3) is 0 Å². The highest BCUT2D eigenvalue weighted by molar-refractivity contribution is 7.02. The summed E-state index contributed by atoms with van der Waals surface area (Å²) in [5.74, 6) is 0.304. The summed E-state index contributed by atoms with van der Waals surface area (Å²) in [7, 11) is 1.55. The Morgan fingerprint density at radius 3 is 2.67 bits per heavy atom. The first-order chi connectivity index (χ1) is 7.31. The molecule has 4 nitrogen and oxygen atoms in total. The van der Waals surface area contributed by atoms with E-state index < -0.39 is 11.0 Å². The van der Waals surface area contributed by atoms with E-state index in [1.165, 1.54) is 0 Å². The van der Waals surface area contributed by atoms with E-state index in [0.717, 1.165) is 17.1 Å². The number of aromatic nitrogens is 1. The molecule has 0 aliphatic heterocycles. The number of methoxy groups -OCH3 is 1. The van der Waals surface area contributed by atoms with E-state index >= 15 is 0 Å². The second-order valence-electron chi connectivity index (χ2n) is 2.90. The largest absolute Gasteiger partial charge is 0.414 e. The molecule has 1 aromatic carbocycles. The van der Waals surface area contributed by atoms with Crippen molar-refractivity contribution in [3.63, 3.8) is 0 Å². The van der Waals surface area contributed by atoms with Crippen LogP contribution < -0.4 is 4.94 Å². The molecule has 1 aromatic heterocycles. The number of ether oxygens (including phenoxy) is 1. The standard InChI is InChI=1S/C10H9NO3S/c1-13-8(7-5-3-2-4-6-7)9-11-15-10(12)14-9/h2-6,8H,1H3/t8-/m1/s1. The number of hydrogen-bond acceptors (Lipinski definition) is 5. The molecule has 0 saturated carbocycles. The average molecular weight is 223 g/mol. The van der Waals surface area contributed by atoms with Gasteiger partial charge in [-0.25, -0.2) is 4.79 Å². The molecular formula is C10H9NO3S. The van der Waals surface area contributed by atoms with Crippen molar-refractivity contribution >= 4 is 11.5 Å². The first-order valence-electron chi connectivity index (χ1n) is 4.35. The summed E-state index contributed by atoms with van der Waals surface area (Å²) in [4.78, 5) is 10.5. The van der Waals surface area contributed by atoms with Gasteiger partial charge in [-0.1, -0.05) is 30.3 Å². The maximum atomic E-state index is 10.9. The van der Waals surface area contributed by atoms with Crippen LogP contribution in [0, 0.1) is 0 Å². The Hall–Kier alpha value is -1.46. The van der Waals surface area contributed by atoms with Crippen molar-refractivity contribution in [1.82, 2.24) is 4.37 Å². The van der Waals surface area contributed by atoms with Gasteiger partial charge in [0.2, 0.25) is 5.89 Å². The van der Waals surface area contributed by atoms with Crippen LogP contribution in [-0.2, 0) is 4.74 Å². The molecule has 0 unspecified atom stereocenters. The van der Waals surface area contributed by atoms with Crippen molar-refractivity contribution in [2.45, 2.75) is 6.10 Å². The minimum absolute atomic E-state index is 0.304. The molecule has 0 aliphatic carbocycles. The maximum Gasteiger partial charge on any atom is 0.414 e. The summed E-state index contributed by atoms with van der Waals surface area (Å²) in [6, 6.07) is 9.49. The van der Waals surface area contributed by atoms with Crippen molar-refractivity contribution in [2.75, 3.05) is 7.11 Å². The smallest absolute Gasteiger partial charge is 0.395 e. The fourth-order valence-electron chi connectivity index (χ4n) is 1.31. The van der Waals surface area contributed by atoms with Crippen molar-refractivity contribution in [2.24, 2.45) is 0 Å². The van der Waals surface area contributed by atoms with Gasteiger partial charge < -0.3 is 9.15 Å². The first kappa shape index (κ1) is 10.1. The van der Waals surface area contributed by atoms with E-state index in [4.69, 9.17) is 9.15 Å². The van der Waals surface area contributed by atoms with E-state index in [0.29, 0.717) is 5.89 Å². The third-order valence-electron chi connectivity index (χ3n) is 1.96. The molecule has 0 radical (unpaired) electrons. The molecule has 0 N–H and O–H groups in total. The van der Waals surface area contributed by atoms with Crippen LogP contribution in [0.2, 0.25) is 0 Å². The molecular weight excluding hydrogens is 214 g/mol. The van der Waals surface area contributed by atoms with E-state index in [1.54, 1.807) is 7.11 Å². The Bertz CT molecular complexity index is 477. The molecule has 0 bridgehead atoms. The van der Waals surface area contributed by atoms with Crippen LogP contribution in [0.15, 0.2) is 39.5 Å². The second kappa shape index (κ2) is 4.37. The minimum atomic E-state index is -0.414. The molecule has 2 aromatic rings. The van der Waals surface area contributed by atoms with Gasteiger partial charge in [-0.3, -0.25) is 0 Å². The van der Waals surface area contributed by atoms with Crippen LogP contribution in [0.5, 0.6) is 0 Å². The van der Waals surface area contributed by atoms with Gasteiger partial charge in [0, 0.05) is 18.6 Å². The van der Waals surface area contributed by atoms with Gasteiger partial charge in [0.15, 0.2) is 6.10 Å². The lowest BCUT2D eigenvalue weighted by Crippen LogP contribution is -2.03. The van der Waals surface area contributed by atoms with Crippen molar-refractivity contribution < 1.29 is 9.15 Å². The van der Waals surface area contributed by atoms with E-state index in [-0.39, 0.29) is 0 Å². The van der Waals surface area contributed by atoms with Crippen LogP contribution in [0.3, 0.4) is 0 Å². The Kier molecular flexibility index (Phi) is 2.94. The summed E-state index contributed by atoms with van der Waals surface area (Å²) in [5, 5.41) is 0. The topological polar surface area (TPSA) is 52.3 Å². The molecule has 0 aliphatic rings. The van der Waals surface area contributed by atoms with Crippen molar-refractivity contribution in [3.8, 4) is 0 Å². The van der Waals surface area contributed by atoms with Crippen LogP contribution in [0.4, 0.5) is 0 Å². The highest BCUT2D eigenvalue weighted by Gasteiger charge is 2.18. The monoisotopic (exact) mass is 223 g/mol. The molecule has 2 rings (SSSR count). The Labute approximate surface area is 90.3 Å². The average Bonchev–Trinajstić information content (AvgIpc) is 2.68. The molecule has 0 amide bonds. The number of nitrogens with zero attached hydrogens (tertiary/aromatic N) is 1.